The van der Waals surface area contributed by atoms with E-state index in [1.165, 1.54) is 0 Å². The van der Waals surface area contributed by atoms with Gasteiger partial charge < -0.3 is 20.8 Å². The summed E-state index contributed by atoms with van der Waals surface area (Å²) in [7, 11) is 0. The van der Waals surface area contributed by atoms with Gasteiger partial charge in [-0.3, -0.25) is 4.79 Å². The molecule has 0 radical (unpaired) electrons. The monoisotopic (exact) mass is 298 g/mol. The molecule has 1 aromatic heterocycles. The summed E-state index contributed by atoms with van der Waals surface area (Å²) in [5.41, 5.74) is 7.20. The van der Waals surface area contributed by atoms with Crippen LogP contribution in [0.25, 0.3) is 11.3 Å². The molecule has 2 aliphatic rings. The topological polar surface area (TPSA) is 93.2 Å². The van der Waals surface area contributed by atoms with Crippen LogP contribution in [0.4, 0.5) is 5.69 Å². The fraction of sp³-hybridized carbons (Fsp3) is 0.375. The van der Waals surface area contributed by atoms with E-state index in [1.54, 1.807) is 18.3 Å². The van der Waals surface area contributed by atoms with E-state index >= 15 is 0 Å². The van der Waals surface area contributed by atoms with Crippen molar-refractivity contribution in [1.82, 2.24) is 15.6 Å². The largest absolute Gasteiger partial charge is 0.432 e. The smallest absolute Gasteiger partial charge is 0.307 e. The van der Waals surface area contributed by atoms with Gasteiger partial charge in [-0.05, 0) is 49.6 Å². The minimum Gasteiger partial charge on any atom is -0.432 e. The van der Waals surface area contributed by atoms with Crippen molar-refractivity contribution < 1.29 is 9.21 Å². The van der Waals surface area contributed by atoms with Crippen molar-refractivity contribution in [3.8, 4) is 11.3 Å². The number of carbonyl (C=O) groups is 1. The van der Waals surface area contributed by atoms with Gasteiger partial charge in [0.05, 0.1) is 6.20 Å². The molecule has 2 aromatic rings. The van der Waals surface area contributed by atoms with Gasteiger partial charge >= 0.3 is 5.91 Å². The number of aromatic nitrogens is 1. The summed E-state index contributed by atoms with van der Waals surface area (Å²) in [5, 5.41) is 6.44. The second-order valence-corrected chi connectivity index (χ2v) is 6.08. The third-order valence-electron chi connectivity index (χ3n) is 4.54. The molecule has 1 saturated heterocycles. The van der Waals surface area contributed by atoms with Gasteiger partial charge in [-0.25, -0.2) is 4.98 Å². The number of piperidine rings is 1. The molecule has 0 spiro atoms. The summed E-state index contributed by atoms with van der Waals surface area (Å²) in [6.07, 6.45) is 3.75. The van der Waals surface area contributed by atoms with Crippen molar-refractivity contribution in [1.29, 1.82) is 0 Å². The molecular weight excluding hydrogens is 280 g/mol. The van der Waals surface area contributed by atoms with Crippen LogP contribution in [0.15, 0.2) is 34.9 Å². The van der Waals surface area contributed by atoms with Crippen LogP contribution in [0.3, 0.4) is 0 Å². The highest BCUT2D eigenvalue weighted by atomic mass is 16.4. The van der Waals surface area contributed by atoms with Crippen LogP contribution >= 0.6 is 0 Å². The summed E-state index contributed by atoms with van der Waals surface area (Å²) in [6.45, 7) is 1.07. The molecule has 1 aliphatic carbocycles. The lowest BCUT2D eigenvalue weighted by Gasteiger charge is -2.23. The summed E-state index contributed by atoms with van der Waals surface area (Å²) >= 11 is 0. The van der Waals surface area contributed by atoms with E-state index < -0.39 is 0 Å². The number of rotatable bonds is 3. The average molecular weight is 298 g/mol. The third-order valence-corrected chi connectivity index (χ3v) is 4.54. The number of nitrogens with one attached hydrogen (secondary N) is 2. The maximum atomic E-state index is 12.3. The first kappa shape index (κ1) is 13.3. The second-order valence-electron chi connectivity index (χ2n) is 6.08. The summed E-state index contributed by atoms with van der Waals surface area (Å²) < 4.78 is 5.58. The van der Waals surface area contributed by atoms with Gasteiger partial charge in [-0.15, -0.1) is 0 Å². The highest BCUT2D eigenvalue weighted by molar-refractivity contribution is 5.90. The van der Waals surface area contributed by atoms with E-state index in [0.717, 1.165) is 24.9 Å². The summed E-state index contributed by atoms with van der Waals surface area (Å²) in [6, 6.07) is 7.84. The van der Waals surface area contributed by atoms with Crippen molar-refractivity contribution >= 4 is 11.6 Å². The number of oxazole rings is 1. The zero-order chi connectivity index (χ0) is 15.1. The van der Waals surface area contributed by atoms with Crippen molar-refractivity contribution in [3.05, 3.63) is 36.4 Å². The fourth-order valence-electron chi connectivity index (χ4n) is 3.40. The van der Waals surface area contributed by atoms with E-state index in [0.29, 0.717) is 23.4 Å². The van der Waals surface area contributed by atoms with Crippen LogP contribution in [0.5, 0.6) is 0 Å². The zero-order valence-electron chi connectivity index (χ0n) is 12.1. The maximum absolute atomic E-state index is 12.3. The van der Waals surface area contributed by atoms with E-state index in [1.807, 2.05) is 12.1 Å². The Bertz CT molecular complexity index is 694. The summed E-state index contributed by atoms with van der Waals surface area (Å²) in [4.78, 5) is 16.3. The van der Waals surface area contributed by atoms with Crippen LogP contribution in [-0.4, -0.2) is 29.5 Å². The van der Waals surface area contributed by atoms with Gasteiger partial charge in [0.15, 0.2) is 5.76 Å². The maximum Gasteiger partial charge on any atom is 0.307 e. The Morgan fingerprint density at radius 2 is 2.14 bits per heavy atom. The Hall–Kier alpha value is -2.34. The number of hydrogen-bond donors (Lipinski definition) is 3. The first-order valence-corrected chi connectivity index (χ1v) is 7.55. The molecule has 2 fully saturated rings. The molecule has 6 heteroatoms. The van der Waals surface area contributed by atoms with E-state index in [4.69, 9.17) is 10.2 Å². The minimum absolute atomic E-state index is 0.106. The Balaban J connectivity index is 1.46. The van der Waals surface area contributed by atoms with Crippen LogP contribution in [-0.2, 0) is 0 Å². The molecule has 4 rings (SSSR count). The van der Waals surface area contributed by atoms with E-state index in [-0.39, 0.29) is 17.8 Å². The lowest BCUT2D eigenvalue weighted by Crippen LogP contribution is -2.48. The second kappa shape index (κ2) is 5.14. The number of hydrogen-bond acceptors (Lipinski definition) is 5. The number of anilines is 1. The quantitative estimate of drug-likeness (QED) is 0.745. The lowest BCUT2D eigenvalue weighted by molar-refractivity contribution is 0.0894. The number of nitrogen functional groups attached to an aromatic ring is 1. The molecule has 2 heterocycles. The molecule has 1 amide bonds. The normalized spacial score (nSPS) is 26.3. The van der Waals surface area contributed by atoms with Gasteiger partial charge in [0, 0.05) is 23.3 Å². The third kappa shape index (κ3) is 2.35. The van der Waals surface area contributed by atoms with Crippen molar-refractivity contribution in [2.24, 2.45) is 5.92 Å². The standard InChI is InChI=1S/C16H18N4O2/c17-11-3-1-10(2-4-11)14-8-19-16(22-14)15(21)20-13-6-9-5-12(13)18-7-9/h1-4,8-9,12-13,18H,5-7,17H2,(H,20,21). The number of fused-ring (bicyclic) bond motifs is 2. The SMILES string of the molecule is Nc1ccc(-c2cnc(C(=O)NC3CC4CNC3C4)o2)cc1. The van der Waals surface area contributed by atoms with Crippen molar-refractivity contribution in [2.45, 2.75) is 24.9 Å². The fourth-order valence-corrected chi connectivity index (χ4v) is 3.40. The Labute approximate surface area is 128 Å². The molecule has 3 atom stereocenters. The molecule has 4 N–H and O–H groups in total. The lowest BCUT2D eigenvalue weighted by atomic mass is 10.1. The summed E-state index contributed by atoms with van der Waals surface area (Å²) in [5.74, 6) is 1.11. The van der Waals surface area contributed by atoms with Gasteiger partial charge in [0.2, 0.25) is 0 Å². The van der Waals surface area contributed by atoms with Crippen LogP contribution in [0.2, 0.25) is 0 Å². The number of benzene rings is 1. The Morgan fingerprint density at radius 1 is 1.32 bits per heavy atom. The molecule has 22 heavy (non-hydrogen) atoms. The van der Waals surface area contributed by atoms with Gasteiger partial charge in [0.25, 0.3) is 5.89 Å². The molecule has 6 nitrogen and oxygen atoms in total. The predicted molar refractivity (Wildman–Crippen MR) is 82.1 cm³/mol. The highest BCUT2D eigenvalue weighted by Gasteiger charge is 2.40. The molecule has 1 saturated carbocycles. The van der Waals surface area contributed by atoms with E-state index in [2.05, 4.69) is 15.6 Å². The van der Waals surface area contributed by atoms with Gasteiger partial charge in [0.1, 0.15) is 0 Å². The van der Waals surface area contributed by atoms with Gasteiger partial charge in [-0.1, -0.05) is 0 Å². The molecule has 3 unspecified atom stereocenters. The number of nitrogens with two attached hydrogens (primary N) is 1. The highest BCUT2D eigenvalue weighted by Crippen LogP contribution is 2.31. The van der Waals surface area contributed by atoms with Gasteiger partial charge in [-0.2, -0.15) is 0 Å². The van der Waals surface area contributed by atoms with Crippen molar-refractivity contribution in [2.75, 3.05) is 12.3 Å². The molecule has 1 aliphatic heterocycles. The number of carbonyl (C=O) groups excluding carboxylic acids is 1. The molecule has 114 valence electrons. The number of amides is 1. The Morgan fingerprint density at radius 3 is 2.82 bits per heavy atom. The van der Waals surface area contributed by atoms with Crippen LogP contribution in [0.1, 0.15) is 23.5 Å². The molecule has 2 bridgehead atoms. The molecular formula is C16H18N4O2. The zero-order valence-corrected chi connectivity index (χ0v) is 12.1. The minimum atomic E-state index is -0.249. The van der Waals surface area contributed by atoms with Crippen LogP contribution < -0.4 is 16.4 Å². The number of nitrogens with zero attached hydrogens (tertiary/aromatic N) is 1. The molecule has 1 aromatic carbocycles. The van der Waals surface area contributed by atoms with Crippen LogP contribution in [0, 0.1) is 5.92 Å². The first-order valence-electron chi connectivity index (χ1n) is 7.55. The first-order chi connectivity index (χ1) is 10.7. The predicted octanol–water partition coefficient (Wildman–Crippen LogP) is 1.40. The van der Waals surface area contributed by atoms with E-state index in [9.17, 15) is 4.79 Å². The Kier molecular flexibility index (Phi) is 3.11. The van der Waals surface area contributed by atoms with Crippen molar-refractivity contribution in [3.63, 3.8) is 0 Å². The average Bonchev–Trinajstić information content (AvgIpc) is 3.24.